The quantitative estimate of drug-likeness (QED) is 0.752. The Morgan fingerprint density at radius 3 is 2.57 bits per heavy atom. The molecule has 5 nitrogen and oxygen atoms in total. The minimum absolute atomic E-state index is 0.522. The molecular formula is C17H28N4OS. The van der Waals surface area contributed by atoms with Gasteiger partial charge in [0.25, 0.3) is 0 Å². The summed E-state index contributed by atoms with van der Waals surface area (Å²) in [5, 5.41) is 0. The van der Waals surface area contributed by atoms with Crippen molar-refractivity contribution in [3.63, 3.8) is 0 Å². The van der Waals surface area contributed by atoms with Crippen molar-refractivity contribution < 1.29 is 4.21 Å². The van der Waals surface area contributed by atoms with Crippen LogP contribution in [0.3, 0.4) is 0 Å². The van der Waals surface area contributed by atoms with Crippen molar-refractivity contribution >= 4 is 27.7 Å². The smallest absolute Gasteiger partial charge is 0.151 e. The standard InChI is InChI=1S/C17H28N4OS/c1-5-6-9-14-20-15-16(12(2)13(3)19-17(15)18)21(14)10-7-8-11-23(4)22/h5-11H2,1-4H3,(H2,18,19). The SMILES string of the molecule is CCCCc1nc2c(N)nc(C)c(C)c2n1CCCCS(C)=O. The van der Waals surface area contributed by atoms with Crippen molar-refractivity contribution in [2.45, 2.75) is 59.4 Å². The largest absolute Gasteiger partial charge is 0.382 e. The molecule has 1 atom stereocenters. The lowest BCUT2D eigenvalue weighted by Gasteiger charge is -2.11. The number of aromatic nitrogens is 3. The molecule has 6 heteroatoms. The van der Waals surface area contributed by atoms with Crippen LogP contribution in [-0.4, -0.2) is 30.8 Å². The van der Waals surface area contributed by atoms with E-state index in [2.05, 4.69) is 23.4 Å². The van der Waals surface area contributed by atoms with E-state index in [-0.39, 0.29) is 0 Å². The highest BCUT2D eigenvalue weighted by molar-refractivity contribution is 7.84. The van der Waals surface area contributed by atoms with Crippen LogP contribution in [-0.2, 0) is 23.8 Å². The number of nitrogens with zero attached hydrogens (tertiary/aromatic N) is 3. The molecule has 2 heterocycles. The molecule has 0 spiro atoms. The molecule has 23 heavy (non-hydrogen) atoms. The van der Waals surface area contributed by atoms with Gasteiger partial charge in [-0.2, -0.15) is 0 Å². The Morgan fingerprint density at radius 1 is 1.17 bits per heavy atom. The Hall–Kier alpha value is -1.43. The van der Waals surface area contributed by atoms with E-state index in [1.165, 1.54) is 0 Å². The van der Waals surface area contributed by atoms with E-state index in [4.69, 9.17) is 10.7 Å². The first-order valence-corrected chi connectivity index (χ1v) is 10.1. The van der Waals surface area contributed by atoms with Gasteiger partial charge in [0.1, 0.15) is 11.3 Å². The maximum Gasteiger partial charge on any atom is 0.151 e. The zero-order chi connectivity index (χ0) is 17.0. The van der Waals surface area contributed by atoms with Crippen LogP contribution in [0.5, 0.6) is 0 Å². The third-order valence-electron chi connectivity index (χ3n) is 4.29. The zero-order valence-electron chi connectivity index (χ0n) is 14.7. The van der Waals surface area contributed by atoms with E-state index in [1.807, 2.05) is 6.92 Å². The molecule has 128 valence electrons. The minimum Gasteiger partial charge on any atom is -0.382 e. The summed E-state index contributed by atoms with van der Waals surface area (Å²) in [5.41, 5.74) is 10.2. The summed E-state index contributed by atoms with van der Waals surface area (Å²) in [4.78, 5) is 9.20. The normalized spacial score (nSPS) is 12.9. The number of pyridine rings is 1. The molecule has 0 aliphatic carbocycles. The van der Waals surface area contributed by atoms with Crippen LogP contribution in [0, 0.1) is 13.8 Å². The number of hydrogen-bond acceptors (Lipinski definition) is 4. The van der Waals surface area contributed by atoms with Gasteiger partial charge in [0, 0.05) is 41.5 Å². The molecule has 0 saturated heterocycles. The first-order chi connectivity index (χ1) is 11.0. The molecule has 0 radical (unpaired) electrons. The molecule has 2 aromatic heterocycles. The van der Waals surface area contributed by atoms with Crippen molar-refractivity contribution in [1.29, 1.82) is 0 Å². The van der Waals surface area contributed by atoms with Crippen molar-refractivity contribution in [2.24, 2.45) is 0 Å². The van der Waals surface area contributed by atoms with Crippen LogP contribution in [0.15, 0.2) is 0 Å². The monoisotopic (exact) mass is 336 g/mol. The average Bonchev–Trinajstić information content (AvgIpc) is 2.86. The Kier molecular flexibility index (Phi) is 6.16. The van der Waals surface area contributed by atoms with Gasteiger partial charge in [-0.25, -0.2) is 9.97 Å². The number of hydrogen-bond donors (Lipinski definition) is 1. The highest BCUT2D eigenvalue weighted by atomic mass is 32.2. The summed E-state index contributed by atoms with van der Waals surface area (Å²) in [6, 6.07) is 0. The van der Waals surface area contributed by atoms with Crippen LogP contribution >= 0.6 is 0 Å². The molecule has 1 unspecified atom stereocenters. The van der Waals surface area contributed by atoms with Crippen LogP contribution in [0.2, 0.25) is 0 Å². The molecule has 2 N–H and O–H groups in total. The summed E-state index contributed by atoms with van der Waals surface area (Å²) in [6.07, 6.45) is 6.96. The van der Waals surface area contributed by atoms with Crippen molar-refractivity contribution in [3.05, 3.63) is 17.1 Å². The van der Waals surface area contributed by atoms with Crippen molar-refractivity contribution in [2.75, 3.05) is 17.7 Å². The summed E-state index contributed by atoms with van der Waals surface area (Å²) in [7, 11) is -0.718. The molecule has 0 aliphatic heterocycles. The zero-order valence-corrected chi connectivity index (χ0v) is 15.5. The molecule has 0 aliphatic rings. The fraction of sp³-hybridized carbons (Fsp3) is 0.647. The number of imidazole rings is 1. The first kappa shape index (κ1) is 17.9. The second kappa shape index (κ2) is 7.90. The van der Waals surface area contributed by atoms with E-state index in [9.17, 15) is 4.21 Å². The third-order valence-corrected chi connectivity index (χ3v) is 5.16. The number of anilines is 1. The maximum atomic E-state index is 11.2. The van der Waals surface area contributed by atoms with E-state index < -0.39 is 10.8 Å². The van der Waals surface area contributed by atoms with Gasteiger partial charge >= 0.3 is 0 Å². The van der Waals surface area contributed by atoms with Gasteiger partial charge < -0.3 is 10.3 Å². The molecule has 0 saturated carbocycles. The molecule has 0 aromatic carbocycles. The second-order valence-electron chi connectivity index (χ2n) is 6.17. The minimum atomic E-state index is -0.718. The molecular weight excluding hydrogens is 308 g/mol. The first-order valence-electron chi connectivity index (χ1n) is 8.37. The van der Waals surface area contributed by atoms with Gasteiger partial charge in [0.15, 0.2) is 5.82 Å². The van der Waals surface area contributed by atoms with Gasteiger partial charge in [-0.05, 0) is 38.7 Å². The molecule has 0 fully saturated rings. The number of nitrogen functional groups attached to an aromatic ring is 1. The molecule has 0 amide bonds. The third kappa shape index (κ3) is 4.10. The maximum absolute atomic E-state index is 11.2. The average molecular weight is 337 g/mol. The van der Waals surface area contributed by atoms with E-state index in [0.29, 0.717) is 5.82 Å². The second-order valence-corrected chi connectivity index (χ2v) is 7.73. The number of nitrogens with two attached hydrogens (primary N) is 1. The fourth-order valence-electron chi connectivity index (χ4n) is 2.89. The van der Waals surface area contributed by atoms with Gasteiger partial charge in [0.2, 0.25) is 0 Å². The molecule has 2 rings (SSSR count). The van der Waals surface area contributed by atoms with Crippen LogP contribution in [0.4, 0.5) is 5.82 Å². The highest BCUT2D eigenvalue weighted by Gasteiger charge is 2.17. The van der Waals surface area contributed by atoms with E-state index in [0.717, 1.165) is 72.5 Å². The topological polar surface area (TPSA) is 73.8 Å². The van der Waals surface area contributed by atoms with E-state index >= 15 is 0 Å². The lowest BCUT2D eigenvalue weighted by Crippen LogP contribution is -2.07. The Morgan fingerprint density at radius 2 is 1.91 bits per heavy atom. The number of rotatable bonds is 8. The van der Waals surface area contributed by atoms with Gasteiger partial charge in [-0.3, -0.25) is 4.21 Å². The van der Waals surface area contributed by atoms with Gasteiger partial charge in [0.05, 0.1) is 5.52 Å². The van der Waals surface area contributed by atoms with E-state index in [1.54, 1.807) is 6.26 Å². The Bertz CT molecular complexity index is 708. The Balaban J connectivity index is 2.38. The van der Waals surface area contributed by atoms with Crippen molar-refractivity contribution in [3.8, 4) is 0 Å². The summed E-state index contributed by atoms with van der Waals surface area (Å²) in [6.45, 7) is 7.17. The lowest BCUT2D eigenvalue weighted by atomic mass is 10.2. The number of unbranched alkanes of at least 4 members (excludes halogenated alkanes) is 2. The molecule has 0 bridgehead atoms. The van der Waals surface area contributed by atoms with Crippen LogP contribution in [0.1, 0.15) is 49.7 Å². The van der Waals surface area contributed by atoms with Gasteiger partial charge in [-0.15, -0.1) is 0 Å². The predicted octanol–water partition coefficient (Wildman–Crippen LogP) is 3.13. The highest BCUT2D eigenvalue weighted by Crippen LogP contribution is 2.27. The van der Waals surface area contributed by atoms with Crippen LogP contribution in [0.25, 0.3) is 11.0 Å². The predicted molar refractivity (Wildman–Crippen MR) is 98.2 cm³/mol. The number of aryl methyl sites for hydroxylation is 4. The fourth-order valence-corrected chi connectivity index (χ4v) is 3.50. The molecule has 2 aromatic rings. The lowest BCUT2D eigenvalue weighted by molar-refractivity contribution is 0.602. The summed E-state index contributed by atoms with van der Waals surface area (Å²) >= 11 is 0. The van der Waals surface area contributed by atoms with Gasteiger partial charge in [-0.1, -0.05) is 13.3 Å². The van der Waals surface area contributed by atoms with Crippen molar-refractivity contribution in [1.82, 2.24) is 14.5 Å². The van der Waals surface area contributed by atoms with Crippen LogP contribution < -0.4 is 5.73 Å². The summed E-state index contributed by atoms with van der Waals surface area (Å²) < 4.78 is 13.5. The summed E-state index contributed by atoms with van der Waals surface area (Å²) in [5.74, 6) is 2.38. The Labute approximate surface area is 141 Å². The number of fused-ring (bicyclic) bond motifs is 1.